The molecule has 3 aromatic heterocycles. The molecule has 0 bridgehead atoms. The van der Waals surface area contributed by atoms with E-state index in [1.54, 1.807) is 0 Å². The van der Waals surface area contributed by atoms with Crippen molar-refractivity contribution in [3.05, 3.63) is 27.4 Å². The summed E-state index contributed by atoms with van der Waals surface area (Å²) in [5.41, 5.74) is 2.60. The second kappa shape index (κ2) is 6.50. The Morgan fingerprint density at radius 1 is 1.25 bits per heavy atom. The lowest BCUT2D eigenvalue weighted by Crippen LogP contribution is -2.42. The van der Waals surface area contributed by atoms with E-state index in [2.05, 4.69) is 23.7 Å². The second-order valence-corrected chi connectivity index (χ2v) is 9.01. The molecule has 0 spiro atoms. The standard InChI is InChI=1S/C20H23N3O4S/c1-4-13-21-15-14-11-9-20(2,3)26-10-12(11)17(23-5-7-25-8-6-23)22-18(14)28-16(15)19(24)27-13/h4-10H2,1-3H3/p+1. The first-order chi connectivity index (χ1) is 13.5. The van der Waals surface area contributed by atoms with Gasteiger partial charge in [-0.3, -0.25) is 4.90 Å². The highest BCUT2D eigenvalue weighted by atomic mass is 32.1. The van der Waals surface area contributed by atoms with Crippen molar-refractivity contribution >= 4 is 37.6 Å². The van der Waals surface area contributed by atoms with Crippen LogP contribution in [0.3, 0.4) is 0 Å². The van der Waals surface area contributed by atoms with E-state index in [1.807, 2.05) is 6.92 Å². The lowest BCUT2D eigenvalue weighted by Gasteiger charge is -2.33. The molecule has 0 aromatic carbocycles. The minimum Gasteiger partial charge on any atom is -0.407 e. The SMILES string of the molecule is CCc1nc2c(sc3[nH+]c(N4CCOCC4)c4c(c32)CC(C)(C)OC4)c(=O)o1. The molecule has 8 heteroatoms. The first-order valence-corrected chi connectivity index (χ1v) is 10.6. The third kappa shape index (κ3) is 2.82. The Morgan fingerprint density at radius 2 is 2.04 bits per heavy atom. The van der Waals surface area contributed by atoms with Gasteiger partial charge in [0.2, 0.25) is 0 Å². The minimum atomic E-state index is -0.301. The average Bonchev–Trinajstić information content (AvgIpc) is 3.06. The van der Waals surface area contributed by atoms with Crippen molar-refractivity contribution in [2.24, 2.45) is 0 Å². The van der Waals surface area contributed by atoms with Gasteiger partial charge in [0, 0.05) is 12.8 Å². The Balaban J connectivity index is 1.84. The second-order valence-electron chi connectivity index (χ2n) is 7.99. The lowest BCUT2D eigenvalue weighted by molar-refractivity contribution is -0.329. The van der Waals surface area contributed by atoms with Crippen molar-refractivity contribution in [2.75, 3.05) is 31.2 Å². The number of aromatic amines is 1. The molecule has 1 saturated heterocycles. The summed E-state index contributed by atoms with van der Waals surface area (Å²) >= 11 is 1.44. The van der Waals surface area contributed by atoms with Gasteiger partial charge in [-0.1, -0.05) is 18.3 Å². The minimum absolute atomic E-state index is 0.259. The van der Waals surface area contributed by atoms with Crippen LogP contribution in [0.2, 0.25) is 0 Å². The van der Waals surface area contributed by atoms with Gasteiger partial charge in [-0.2, -0.15) is 0 Å². The molecule has 28 heavy (non-hydrogen) atoms. The van der Waals surface area contributed by atoms with Crippen LogP contribution in [-0.2, 0) is 28.9 Å². The average molecular weight is 402 g/mol. The predicted molar refractivity (Wildman–Crippen MR) is 107 cm³/mol. The molecule has 5 rings (SSSR count). The fourth-order valence-electron chi connectivity index (χ4n) is 4.12. The van der Waals surface area contributed by atoms with Crippen LogP contribution in [0, 0.1) is 0 Å². The van der Waals surface area contributed by atoms with Crippen molar-refractivity contribution in [2.45, 2.75) is 45.8 Å². The maximum Gasteiger partial charge on any atom is 0.357 e. The molecule has 0 amide bonds. The molecule has 2 aliphatic heterocycles. The summed E-state index contributed by atoms with van der Waals surface area (Å²) in [7, 11) is 0. The highest BCUT2D eigenvalue weighted by Crippen LogP contribution is 2.40. The van der Waals surface area contributed by atoms with Crippen LogP contribution in [0.15, 0.2) is 9.21 Å². The van der Waals surface area contributed by atoms with Gasteiger partial charge in [0.15, 0.2) is 10.7 Å². The number of nitrogens with one attached hydrogen (secondary N) is 1. The van der Waals surface area contributed by atoms with Crippen LogP contribution in [0.5, 0.6) is 0 Å². The number of hydrogen-bond acceptors (Lipinski definition) is 7. The van der Waals surface area contributed by atoms with Crippen LogP contribution in [0.1, 0.15) is 37.8 Å². The van der Waals surface area contributed by atoms with Gasteiger partial charge in [-0.15, -0.1) is 0 Å². The van der Waals surface area contributed by atoms with Crippen LogP contribution in [0.4, 0.5) is 5.82 Å². The van der Waals surface area contributed by atoms with Crippen LogP contribution >= 0.6 is 11.3 Å². The zero-order chi connectivity index (χ0) is 19.5. The van der Waals surface area contributed by atoms with Crippen LogP contribution < -0.4 is 15.5 Å². The monoisotopic (exact) mass is 402 g/mol. The molecule has 0 radical (unpaired) electrons. The fraction of sp³-hybridized carbons (Fsp3) is 0.550. The Labute approximate surface area is 166 Å². The molecule has 0 unspecified atom stereocenters. The van der Waals surface area contributed by atoms with E-state index in [0.717, 1.165) is 41.1 Å². The first-order valence-electron chi connectivity index (χ1n) is 9.77. The maximum atomic E-state index is 12.5. The quantitative estimate of drug-likeness (QED) is 0.655. The number of nitrogens with zero attached hydrogens (tertiary/aromatic N) is 2. The van der Waals surface area contributed by atoms with Gasteiger partial charge >= 0.3 is 5.63 Å². The smallest absolute Gasteiger partial charge is 0.357 e. The number of thiophene rings is 1. The summed E-state index contributed by atoms with van der Waals surface area (Å²) in [6.07, 6.45) is 1.37. The zero-order valence-corrected chi connectivity index (χ0v) is 17.2. The molecule has 0 atom stereocenters. The molecular weight excluding hydrogens is 378 g/mol. The molecule has 1 fully saturated rings. The number of fused-ring (bicyclic) bond motifs is 5. The van der Waals surface area contributed by atoms with Crippen molar-refractivity contribution in [1.29, 1.82) is 0 Å². The maximum absolute atomic E-state index is 12.5. The third-order valence-corrected chi connectivity index (χ3v) is 6.61. The number of hydrogen-bond donors (Lipinski definition) is 0. The number of rotatable bonds is 2. The van der Waals surface area contributed by atoms with E-state index in [4.69, 9.17) is 18.9 Å². The summed E-state index contributed by atoms with van der Waals surface area (Å²) in [4.78, 5) is 24.1. The summed E-state index contributed by atoms with van der Waals surface area (Å²) < 4.78 is 17.6. The zero-order valence-electron chi connectivity index (χ0n) is 16.4. The van der Waals surface area contributed by atoms with Gasteiger partial charge < -0.3 is 13.9 Å². The number of anilines is 1. The molecule has 7 nitrogen and oxygen atoms in total. The summed E-state index contributed by atoms with van der Waals surface area (Å²) in [6.45, 7) is 9.81. The van der Waals surface area contributed by atoms with Gasteiger partial charge in [-0.25, -0.2) is 14.8 Å². The van der Waals surface area contributed by atoms with Gasteiger partial charge in [0.25, 0.3) is 5.82 Å². The number of aromatic nitrogens is 2. The third-order valence-electron chi connectivity index (χ3n) is 5.54. The van der Waals surface area contributed by atoms with Crippen molar-refractivity contribution < 1.29 is 18.9 Å². The highest BCUT2D eigenvalue weighted by molar-refractivity contribution is 7.25. The number of H-pyrrole nitrogens is 1. The van der Waals surface area contributed by atoms with Crippen molar-refractivity contribution in [3.63, 3.8) is 0 Å². The lowest BCUT2D eigenvalue weighted by atomic mass is 9.90. The summed E-state index contributed by atoms with van der Waals surface area (Å²) in [5, 5.41) is 1.05. The number of aryl methyl sites for hydroxylation is 1. The van der Waals surface area contributed by atoms with Gasteiger partial charge in [0.1, 0.15) is 23.3 Å². The van der Waals surface area contributed by atoms with Gasteiger partial charge in [-0.05, 0) is 19.4 Å². The molecule has 0 aliphatic carbocycles. The van der Waals surface area contributed by atoms with Crippen LogP contribution in [-0.4, -0.2) is 36.9 Å². The molecule has 1 N–H and O–H groups in total. The largest absolute Gasteiger partial charge is 0.407 e. The van der Waals surface area contributed by atoms with E-state index in [0.29, 0.717) is 36.8 Å². The van der Waals surface area contributed by atoms with E-state index in [1.165, 1.54) is 22.5 Å². The van der Waals surface area contributed by atoms with Crippen molar-refractivity contribution in [3.8, 4) is 0 Å². The number of ether oxygens (including phenoxy) is 2. The number of morpholine rings is 1. The summed E-state index contributed by atoms with van der Waals surface area (Å²) in [5.74, 6) is 1.56. The Kier molecular flexibility index (Phi) is 4.19. The molecule has 3 aromatic rings. The molecular formula is C20H24N3O4S+. The fourth-order valence-corrected chi connectivity index (χ4v) is 5.16. The van der Waals surface area contributed by atoms with E-state index in [9.17, 15) is 4.79 Å². The predicted octanol–water partition coefficient (Wildman–Crippen LogP) is 2.47. The first kappa shape index (κ1) is 18.0. The van der Waals surface area contributed by atoms with E-state index in [-0.39, 0.29) is 11.2 Å². The highest BCUT2D eigenvalue weighted by Gasteiger charge is 2.36. The van der Waals surface area contributed by atoms with Crippen LogP contribution in [0.25, 0.3) is 20.4 Å². The van der Waals surface area contributed by atoms with Gasteiger partial charge in [0.05, 0.1) is 36.4 Å². The summed E-state index contributed by atoms with van der Waals surface area (Å²) in [6, 6.07) is 0. The molecule has 2 aliphatic rings. The molecule has 5 heterocycles. The van der Waals surface area contributed by atoms with E-state index >= 15 is 0 Å². The Morgan fingerprint density at radius 3 is 2.79 bits per heavy atom. The Hall–Kier alpha value is -2.03. The number of pyridine rings is 1. The molecule has 148 valence electrons. The topological polar surface area (TPSA) is 78.9 Å². The normalized spacial score (nSPS) is 19.3. The van der Waals surface area contributed by atoms with Crippen molar-refractivity contribution in [1.82, 2.24) is 4.98 Å². The Bertz CT molecular complexity index is 1130. The molecule has 0 saturated carbocycles. The van der Waals surface area contributed by atoms with E-state index < -0.39 is 0 Å².